The van der Waals surface area contributed by atoms with Gasteiger partial charge in [-0.2, -0.15) is 0 Å². The fourth-order valence-corrected chi connectivity index (χ4v) is 12.4. The van der Waals surface area contributed by atoms with Crippen molar-refractivity contribution in [1.29, 1.82) is 0 Å². The zero-order chi connectivity index (χ0) is 31.9. The van der Waals surface area contributed by atoms with E-state index < -0.39 is 14.5 Å². The predicted molar refractivity (Wildman–Crippen MR) is 170 cm³/mol. The monoisotopic (exact) mass is 688 g/mol. The first-order valence-electron chi connectivity index (χ1n) is 13.5. The van der Waals surface area contributed by atoms with Crippen molar-refractivity contribution in [2.75, 3.05) is 0 Å². The van der Waals surface area contributed by atoms with Gasteiger partial charge < -0.3 is 34.5 Å². The summed E-state index contributed by atoms with van der Waals surface area (Å²) >= 11 is 3.85. The Hall–Kier alpha value is -2.41. The Morgan fingerprint density at radius 3 is 1.25 bits per heavy atom. The lowest BCUT2D eigenvalue weighted by Crippen LogP contribution is -2.16. The molecular weight excluding hydrogens is 662 g/mol. The maximum atomic E-state index is 9.75. The van der Waals surface area contributed by atoms with Crippen molar-refractivity contribution in [1.82, 2.24) is 0 Å². The first kappa shape index (κ1) is 34.5. The Labute approximate surface area is 266 Å². The molecule has 2 aliphatic rings. The summed E-state index contributed by atoms with van der Waals surface area (Å²) in [5.74, 6) is 0. The summed E-state index contributed by atoms with van der Waals surface area (Å²) in [5.41, 5.74) is 0. The molecular formula is C30H26B2F8S4. The smallest absolute Gasteiger partial charge is 0.418 e. The van der Waals surface area contributed by atoms with Crippen LogP contribution in [-0.4, -0.2) is 14.5 Å². The highest BCUT2D eigenvalue weighted by Gasteiger charge is 2.43. The van der Waals surface area contributed by atoms with Crippen LogP contribution in [0.3, 0.4) is 0 Å². The number of fused-ring (bicyclic) bond motifs is 4. The highest BCUT2D eigenvalue weighted by Crippen LogP contribution is 2.51. The second kappa shape index (κ2) is 15.2. The number of halogens is 8. The quantitative estimate of drug-likeness (QED) is 0.116. The fourth-order valence-electron chi connectivity index (χ4n) is 4.41. The van der Waals surface area contributed by atoms with Crippen molar-refractivity contribution < 1.29 is 34.5 Å². The van der Waals surface area contributed by atoms with Gasteiger partial charge in [0.2, 0.25) is 0 Å². The lowest BCUT2D eigenvalue weighted by molar-refractivity contribution is 0.366. The van der Waals surface area contributed by atoms with Crippen molar-refractivity contribution in [3.05, 3.63) is 107 Å². The third kappa shape index (κ3) is 9.79. The predicted octanol–water partition coefficient (Wildman–Crippen LogP) is 12.0. The van der Waals surface area contributed by atoms with Gasteiger partial charge in [-0.25, -0.2) is 0 Å². The van der Waals surface area contributed by atoms with E-state index in [2.05, 4.69) is 109 Å². The summed E-state index contributed by atoms with van der Waals surface area (Å²) in [7, 11) is -12.1. The van der Waals surface area contributed by atoms with Crippen molar-refractivity contribution >= 4 is 59.8 Å². The van der Waals surface area contributed by atoms with Crippen LogP contribution in [-0.2, 0) is 21.8 Å². The molecule has 0 spiro atoms. The van der Waals surface area contributed by atoms with Gasteiger partial charge >= 0.3 is 14.5 Å². The summed E-state index contributed by atoms with van der Waals surface area (Å²) in [6, 6.07) is 36.2. The van der Waals surface area contributed by atoms with Gasteiger partial charge in [0.1, 0.15) is 10.9 Å². The van der Waals surface area contributed by atoms with Crippen LogP contribution in [0.25, 0.3) is 0 Å². The SMILES string of the molecule is CCCC/C(=C\[S+]1c2ccccc2Sc2ccccc21)[S+]1c2ccccc2Sc2ccccc21.F[B-](F)(F)F.F[B-](F)(F)F. The van der Waals surface area contributed by atoms with E-state index in [1.54, 1.807) is 4.91 Å². The molecule has 0 unspecified atom stereocenters. The lowest BCUT2D eigenvalue weighted by atomic mass is 10.2. The number of allylic oxidation sites excluding steroid dienone is 1. The molecule has 0 bridgehead atoms. The second-order valence-electron chi connectivity index (χ2n) is 9.31. The molecule has 0 aliphatic carbocycles. The largest absolute Gasteiger partial charge is 0.673 e. The van der Waals surface area contributed by atoms with E-state index in [0.717, 1.165) is 6.42 Å². The lowest BCUT2D eigenvalue weighted by Gasteiger charge is -2.21. The molecule has 2 heterocycles. The van der Waals surface area contributed by atoms with Gasteiger partial charge in [-0.15, -0.1) is 0 Å². The first-order valence-corrected chi connectivity index (χ1v) is 17.6. The Morgan fingerprint density at radius 2 is 0.886 bits per heavy atom. The summed E-state index contributed by atoms with van der Waals surface area (Å²) in [6.45, 7) is 2.31. The zero-order valence-electron chi connectivity index (χ0n) is 23.2. The van der Waals surface area contributed by atoms with E-state index in [0.29, 0.717) is 0 Å². The average Bonchev–Trinajstić information content (AvgIpc) is 2.96. The van der Waals surface area contributed by atoms with Crippen molar-refractivity contribution in [2.24, 2.45) is 0 Å². The molecule has 0 amide bonds. The molecule has 0 nitrogen and oxygen atoms in total. The van der Waals surface area contributed by atoms with E-state index in [4.69, 9.17) is 0 Å². The molecule has 4 aromatic rings. The van der Waals surface area contributed by atoms with E-state index in [1.165, 1.54) is 52.0 Å². The zero-order valence-corrected chi connectivity index (χ0v) is 26.5. The molecule has 2 aliphatic heterocycles. The molecule has 0 saturated carbocycles. The molecule has 44 heavy (non-hydrogen) atoms. The van der Waals surface area contributed by atoms with Gasteiger partial charge in [-0.3, -0.25) is 0 Å². The number of hydrogen-bond acceptors (Lipinski definition) is 2. The fraction of sp³-hybridized carbons (Fsp3) is 0.133. The van der Waals surface area contributed by atoms with Crippen LogP contribution >= 0.6 is 23.5 Å². The van der Waals surface area contributed by atoms with Crippen LogP contribution in [0.1, 0.15) is 26.2 Å². The molecule has 14 heteroatoms. The Bertz CT molecular complexity index is 1480. The molecule has 4 aromatic carbocycles. The summed E-state index contributed by atoms with van der Waals surface area (Å²) in [6.07, 6.45) is 3.58. The molecule has 0 N–H and O–H groups in total. The highest BCUT2D eigenvalue weighted by atomic mass is 32.2. The third-order valence-corrected chi connectivity index (χ3v) is 13.6. The number of benzene rings is 4. The minimum Gasteiger partial charge on any atom is -0.418 e. The normalized spacial score (nSPS) is 14.5. The van der Waals surface area contributed by atoms with Gasteiger partial charge in [0.15, 0.2) is 29.9 Å². The van der Waals surface area contributed by atoms with Crippen LogP contribution in [0.4, 0.5) is 34.5 Å². The maximum Gasteiger partial charge on any atom is 0.673 e. The molecule has 0 saturated heterocycles. The third-order valence-electron chi connectivity index (χ3n) is 6.04. The minimum absolute atomic E-state index is 0.0487. The van der Waals surface area contributed by atoms with Gasteiger partial charge in [-0.05, 0) is 55.0 Å². The van der Waals surface area contributed by atoms with Crippen LogP contribution in [0.15, 0.2) is 147 Å². The van der Waals surface area contributed by atoms with Crippen molar-refractivity contribution in [2.45, 2.75) is 65.4 Å². The first-order chi connectivity index (χ1) is 20.8. The molecule has 6 rings (SSSR count). The van der Waals surface area contributed by atoms with Crippen LogP contribution in [0, 0.1) is 0 Å². The molecule has 0 aromatic heterocycles. The Balaban J connectivity index is 0.000000386. The van der Waals surface area contributed by atoms with Gasteiger partial charge in [0.25, 0.3) is 0 Å². The Morgan fingerprint density at radius 1 is 0.568 bits per heavy atom. The van der Waals surface area contributed by atoms with Gasteiger partial charge in [-0.1, -0.05) is 85.4 Å². The number of rotatable bonds is 5. The van der Waals surface area contributed by atoms with Crippen molar-refractivity contribution in [3.8, 4) is 0 Å². The van der Waals surface area contributed by atoms with Crippen LogP contribution in [0.5, 0.6) is 0 Å². The molecule has 0 fully saturated rings. The standard InChI is InChI=1S/C30H26S4.2BF4/c1-2-3-12-22(34-29-19-10-6-15-25(29)32-26-16-7-11-20-30(26)34)21-33-27-17-8-4-13-23(27)31-24-14-5-9-18-28(24)33;2*2-1(3,4)5/h4-11,13-21H,2-3,12H2,1H3;;/q+2;2*-1/b22-21+;;. The van der Waals surface area contributed by atoms with Crippen LogP contribution in [0.2, 0.25) is 0 Å². The highest BCUT2D eigenvalue weighted by molar-refractivity contribution is 8.07. The summed E-state index contributed by atoms with van der Waals surface area (Å²) in [4.78, 5) is 13.1. The Kier molecular flexibility index (Phi) is 11.9. The molecule has 0 radical (unpaired) electrons. The van der Waals surface area contributed by atoms with E-state index in [9.17, 15) is 34.5 Å². The van der Waals surface area contributed by atoms with E-state index in [-0.39, 0.29) is 21.8 Å². The summed E-state index contributed by atoms with van der Waals surface area (Å²) in [5, 5.41) is 2.67. The molecule has 0 atom stereocenters. The molecule has 232 valence electrons. The van der Waals surface area contributed by atoms with Crippen LogP contribution < -0.4 is 0 Å². The topological polar surface area (TPSA) is 0 Å². The second-order valence-corrected chi connectivity index (χ2v) is 15.3. The van der Waals surface area contributed by atoms with Gasteiger partial charge in [0.05, 0.1) is 30.5 Å². The van der Waals surface area contributed by atoms with E-state index in [1.807, 2.05) is 23.5 Å². The van der Waals surface area contributed by atoms with Gasteiger partial charge in [0, 0.05) is 6.42 Å². The van der Waals surface area contributed by atoms with Crippen molar-refractivity contribution in [3.63, 3.8) is 0 Å². The maximum absolute atomic E-state index is 9.75. The van der Waals surface area contributed by atoms with E-state index >= 15 is 0 Å². The summed E-state index contributed by atoms with van der Waals surface area (Å²) < 4.78 is 78.0. The average molecular weight is 688 g/mol. The minimum atomic E-state index is -6.00. The number of hydrogen-bond donors (Lipinski definition) is 0. The number of unbranched alkanes of at least 4 members (excludes halogenated alkanes) is 1.